The van der Waals surface area contributed by atoms with Crippen molar-refractivity contribution in [3.63, 3.8) is 0 Å². The summed E-state index contributed by atoms with van der Waals surface area (Å²) in [7, 11) is 0. The van der Waals surface area contributed by atoms with Crippen LogP contribution in [0, 0.1) is 10.1 Å². The van der Waals surface area contributed by atoms with E-state index in [1.165, 1.54) is 18.6 Å². The van der Waals surface area contributed by atoms with Crippen molar-refractivity contribution >= 4 is 11.6 Å². The molecular weight excluding hydrogens is 338 g/mol. The number of ether oxygens (including phenoxy) is 1. The van der Waals surface area contributed by atoms with Gasteiger partial charge in [-0.1, -0.05) is 18.6 Å². The molecule has 9 heteroatoms. The summed E-state index contributed by atoms with van der Waals surface area (Å²) in [5, 5.41) is 22.1. The first-order chi connectivity index (χ1) is 12.6. The monoisotopic (exact) mass is 359 g/mol. The minimum atomic E-state index is -0.537. The van der Waals surface area contributed by atoms with Crippen molar-refractivity contribution in [3.8, 4) is 5.75 Å². The van der Waals surface area contributed by atoms with Gasteiger partial charge in [0.05, 0.1) is 4.92 Å². The fourth-order valence-corrected chi connectivity index (χ4v) is 2.97. The second-order valence-corrected chi connectivity index (χ2v) is 6.11. The first kappa shape index (κ1) is 17.8. The lowest BCUT2D eigenvalue weighted by atomic mass is 10.2. The van der Waals surface area contributed by atoms with Crippen LogP contribution >= 0.6 is 0 Å². The number of benzene rings is 1. The van der Waals surface area contributed by atoms with Crippen molar-refractivity contribution in [3.05, 3.63) is 46.0 Å². The van der Waals surface area contributed by atoms with Crippen LogP contribution in [0.4, 0.5) is 5.69 Å². The number of hydrogen-bond acceptors (Lipinski definition) is 6. The van der Waals surface area contributed by atoms with Crippen LogP contribution in [0.25, 0.3) is 0 Å². The minimum Gasteiger partial charge on any atom is -0.477 e. The Bertz CT molecular complexity index is 789. The van der Waals surface area contributed by atoms with Crippen LogP contribution < -0.4 is 10.1 Å². The first-order valence-corrected chi connectivity index (χ1v) is 8.69. The molecule has 1 N–H and O–H groups in total. The highest BCUT2D eigenvalue weighted by Gasteiger charge is 2.16. The minimum absolute atomic E-state index is 0.0791. The number of hydrogen-bond donors (Lipinski definition) is 1. The Hall–Kier alpha value is -2.97. The Kier molecular flexibility index (Phi) is 5.77. The maximum Gasteiger partial charge on any atom is 0.310 e. The number of amides is 1. The van der Waals surface area contributed by atoms with Crippen LogP contribution in [0.2, 0.25) is 0 Å². The van der Waals surface area contributed by atoms with Gasteiger partial charge in [0.15, 0.2) is 12.4 Å². The molecule has 0 atom stereocenters. The van der Waals surface area contributed by atoms with Gasteiger partial charge in [-0.05, 0) is 18.9 Å². The highest BCUT2D eigenvalue weighted by Crippen LogP contribution is 2.25. The topological polar surface area (TPSA) is 112 Å². The molecule has 9 nitrogen and oxygen atoms in total. The van der Waals surface area contributed by atoms with Crippen LogP contribution in [0.3, 0.4) is 0 Å². The summed E-state index contributed by atoms with van der Waals surface area (Å²) in [4.78, 5) is 22.3. The number of carbonyl (C=O) groups is 1. The van der Waals surface area contributed by atoms with E-state index in [1.54, 1.807) is 12.1 Å². The van der Waals surface area contributed by atoms with Crippen LogP contribution in [-0.2, 0) is 24.2 Å². The molecule has 3 rings (SSSR count). The van der Waals surface area contributed by atoms with Gasteiger partial charge in [-0.15, -0.1) is 10.2 Å². The van der Waals surface area contributed by atoms with E-state index in [2.05, 4.69) is 20.1 Å². The molecule has 1 aliphatic rings. The van der Waals surface area contributed by atoms with Crippen LogP contribution in [0.1, 0.15) is 30.9 Å². The van der Waals surface area contributed by atoms with Crippen molar-refractivity contribution in [2.45, 2.75) is 38.6 Å². The number of aromatic nitrogens is 3. The third kappa shape index (κ3) is 4.35. The van der Waals surface area contributed by atoms with Gasteiger partial charge < -0.3 is 14.6 Å². The van der Waals surface area contributed by atoms with Gasteiger partial charge in [-0.2, -0.15) is 0 Å². The molecule has 0 unspecified atom stereocenters. The molecule has 0 fully saturated rings. The average molecular weight is 359 g/mol. The SMILES string of the molecule is O=C(COc1ccccc1[N+](=O)[O-])NCCc1nnc2n1CCCCC2. The number of nitro benzene ring substituents is 1. The van der Waals surface area contributed by atoms with E-state index < -0.39 is 4.92 Å². The number of nitro groups is 1. The predicted octanol–water partition coefficient (Wildman–Crippen LogP) is 1.65. The molecule has 1 aromatic heterocycles. The lowest BCUT2D eigenvalue weighted by molar-refractivity contribution is -0.385. The second-order valence-electron chi connectivity index (χ2n) is 6.11. The molecule has 0 spiro atoms. The number of para-hydroxylation sites is 2. The molecule has 1 amide bonds. The molecule has 2 heterocycles. The number of aryl methyl sites for hydroxylation is 1. The highest BCUT2D eigenvalue weighted by molar-refractivity contribution is 5.77. The van der Waals surface area contributed by atoms with Crippen LogP contribution in [-0.4, -0.2) is 38.7 Å². The molecule has 1 aromatic carbocycles. The fraction of sp³-hybridized carbons (Fsp3) is 0.471. The summed E-state index contributed by atoms with van der Waals surface area (Å²) in [6, 6.07) is 5.98. The summed E-state index contributed by atoms with van der Waals surface area (Å²) in [5.74, 6) is 1.64. The van der Waals surface area contributed by atoms with Gasteiger partial charge in [0.1, 0.15) is 11.6 Å². The quantitative estimate of drug-likeness (QED) is 0.594. The second kappa shape index (κ2) is 8.41. The average Bonchev–Trinajstić information content (AvgIpc) is 2.87. The third-order valence-corrected chi connectivity index (χ3v) is 4.28. The molecule has 2 aromatic rings. The fourth-order valence-electron chi connectivity index (χ4n) is 2.97. The van der Waals surface area contributed by atoms with Gasteiger partial charge in [-0.3, -0.25) is 14.9 Å². The normalized spacial score (nSPS) is 13.5. The Morgan fingerprint density at radius 2 is 2.12 bits per heavy atom. The Labute approximate surface area is 150 Å². The Morgan fingerprint density at radius 1 is 1.27 bits per heavy atom. The Morgan fingerprint density at radius 3 is 2.96 bits per heavy atom. The zero-order valence-electron chi connectivity index (χ0n) is 14.4. The van der Waals surface area contributed by atoms with Gasteiger partial charge >= 0.3 is 5.69 Å². The van der Waals surface area contributed by atoms with Crippen LogP contribution in [0.15, 0.2) is 24.3 Å². The van der Waals surface area contributed by atoms with Gasteiger partial charge in [0.2, 0.25) is 0 Å². The highest BCUT2D eigenvalue weighted by atomic mass is 16.6. The van der Waals surface area contributed by atoms with Crippen molar-refractivity contribution in [2.24, 2.45) is 0 Å². The summed E-state index contributed by atoms with van der Waals surface area (Å²) in [6.45, 7) is 1.06. The zero-order chi connectivity index (χ0) is 18.4. The molecule has 0 radical (unpaired) electrons. The largest absolute Gasteiger partial charge is 0.477 e. The van der Waals surface area contributed by atoms with Crippen molar-refractivity contribution < 1.29 is 14.5 Å². The van der Waals surface area contributed by atoms with Crippen LogP contribution in [0.5, 0.6) is 5.75 Å². The van der Waals surface area contributed by atoms with E-state index in [9.17, 15) is 14.9 Å². The van der Waals surface area contributed by atoms with E-state index in [1.807, 2.05) is 0 Å². The number of nitrogens with one attached hydrogen (secondary N) is 1. The number of carbonyl (C=O) groups excluding carboxylic acids is 1. The molecule has 1 aliphatic heterocycles. The molecule has 138 valence electrons. The summed E-state index contributed by atoms with van der Waals surface area (Å²) >= 11 is 0. The zero-order valence-corrected chi connectivity index (χ0v) is 14.4. The standard InChI is InChI=1S/C17H21N5O4/c23-17(12-26-14-7-4-3-6-13(14)22(24)25)18-10-9-16-20-19-15-8-2-1-5-11-21(15)16/h3-4,6-7H,1-2,5,8-12H2,(H,18,23). The predicted molar refractivity (Wildman–Crippen MR) is 92.9 cm³/mol. The first-order valence-electron chi connectivity index (χ1n) is 8.69. The van der Waals surface area contributed by atoms with E-state index in [0.29, 0.717) is 13.0 Å². The van der Waals surface area contributed by atoms with Gasteiger partial charge in [0.25, 0.3) is 5.91 Å². The molecule has 0 bridgehead atoms. The van der Waals surface area contributed by atoms with E-state index >= 15 is 0 Å². The van der Waals surface area contributed by atoms with E-state index in [0.717, 1.165) is 37.5 Å². The Balaban J connectivity index is 1.47. The number of fused-ring (bicyclic) bond motifs is 1. The maximum atomic E-state index is 11.9. The molecule has 26 heavy (non-hydrogen) atoms. The van der Waals surface area contributed by atoms with Crippen molar-refractivity contribution in [2.75, 3.05) is 13.2 Å². The third-order valence-electron chi connectivity index (χ3n) is 4.28. The van der Waals surface area contributed by atoms with Crippen molar-refractivity contribution in [1.29, 1.82) is 0 Å². The summed E-state index contributed by atoms with van der Waals surface area (Å²) in [5.41, 5.74) is -0.161. The molecular formula is C17H21N5O4. The summed E-state index contributed by atoms with van der Waals surface area (Å²) < 4.78 is 7.41. The molecule has 0 saturated carbocycles. The van der Waals surface area contributed by atoms with Gasteiger partial charge in [0, 0.05) is 32.0 Å². The summed E-state index contributed by atoms with van der Waals surface area (Å²) in [6.07, 6.45) is 4.99. The van der Waals surface area contributed by atoms with Gasteiger partial charge in [-0.25, -0.2) is 0 Å². The maximum absolute atomic E-state index is 11.9. The number of nitrogens with zero attached hydrogens (tertiary/aromatic N) is 4. The molecule has 0 aliphatic carbocycles. The van der Waals surface area contributed by atoms with E-state index in [-0.39, 0.29) is 24.0 Å². The van der Waals surface area contributed by atoms with E-state index in [4.69, 9.17) is 4.74 Å². The number of rotatable bonds is 7. The lowest BCUT2D eigenvalue weighted by Crippen LogP contribution is -2.31. The van der Waals surface area contributed by atoms with Crippen molar-refractivity contribution in [1.82, 2.24) is 20.1 Å². The molecule has 0 saturated heterocycles. The smallest absolute Gasteiger partial charge is 0.310 e. The lowest BCUT2D eigenvalue weighted by Gasteiger charge is -2.09.